The zero-order valence-corrected chi connectivity index (χ0v) is 18.3. The normalized spacial score (nSPS) is 11.8. The van der Waals surface area contributed by atoms with Crippen LogP contribution < -0.4 is 0 Å². The lowest BCUT2D eigenvalue weighted by molar-refractivity contribution is 0.668. The third-order valence-corrected chi connectivity index (χ3v) is 6.68. The third-order valence-electron chi connectivity index (χ3n) is 6.37. The van der Waals surface area contributed by atoms with Crippen LogP contribution in [0.25, 0.3) is 66.1 Å². The van der Waals surface area contributed by atoms with E-state index in [1.54, 1.807) is 0 Å². The van der Waals surface area contributed by atoms with Crippen LogP contribution in [-0.2, 0) is 0 Å². The Balaban J connectivity index is 1.55. The second kappa shape index (κ2) is 6.99. The lowest BCUT2D eigenvalue weighted by atomic mass is 9.95. The molecule has 0 fully saturated rings. The van der Waals surface area contributed by atoms with Gasteiger partial charge in [-0.2, -0.15) is 0 Å². The van der Waals surface area contributed by atoms with Crippen LogP contribution in [0.4, 0.5) is 0 Å². The summed E-state index contributed by atoms with van der Waals surface area (Å²) >= 11 is 6.63. The Morgan fingerprint density at radius 1 is 0.455 bits per heavy atom. The van der Waals surface area contributed by atoms with Crippen LogP contribution in [0.1, 0.15) is 0 Å². The van der Waals surface area contributed by atoms with Crippen LogP contribution >= 0.6 is 11.6 Å². The lowest BCUT2D eigenvalue weighted by Crippen LogP contribution is -1.82. The Morgan fingerprint density at radius 2 is 1.09 bits per heavy atom. The Kier molecular flexibility index (Phi) is 3.93. The Bertz CT molecular complexity index is 1820. The molecule has 0 aliphatic carbocycles. The molecule has 5 aromatic carbocycles. The van der Waals surface area contributed by atoms with E-state index in [9.17, 15) is 0 Å². The van der Waals surface area contributed by atoms with Crippen molar-refractivity contribution in [3.63, 3.8) is 0 Å². The monoisotopic (exact) mass is 444 g/mol. The number of halogens is 1. The first kappa shape index (κ1) is 18.6. The quantitative estimate of drug-likeness (QED) is 0.265. The first-order chi connectivity index (χ1) is 16.3. The fraction of sp³-hybridized carbons (Fsp3) is 0. The molecular weight excluding hydrogens is 428 g/mol. The molecule has 0 atom stereocenters. The summed E-state index contributed by atoms with van der Waals surface area (Å²) in [5.74, 6) is 0. The fourth-order valence-electron chi connectivity index (χ4n) is 4.91. The number of rotatable bonds is 2. The molecule has 7 aromatic rings. The van der Waals surface area contributed by atoms with Gasteiger partial charge in [-0.1, -0.05) is 78.3 Å². The van der Waals surface area contributed by atoms with Crippen molar-refractivity contribution in [2.45, 2.75) is 0 Å². The molecule has 2 aromatic heterocycles. The van der Waals surface area contributed by atoms with Gasteiger partial charge >= 0.3 is 0 Å². The number of furan rings is 2. The van der Waals surface area contributed by atoms with Gasteiger partial charge in [-0.25, -0.2) is 0 Å². The molecule has 33 heavy (non-hydrogen) atoms. The molecule has 0 N–H and O–H groups in total. The smallest absolute Gasteiger partial charge is 0.136 e. The maximum atomic E-state index is 6.63. The maximum Gasteiger partial charge on any atom is 0.136 e. The highest BCUT2D eigenvalue weighted by Crippen LogP contribution is 2.44. The average Bonchev–Trinajstić information content (AvgIpc) is 3.43. The van der Waals surface area contributed by atoms with E-state index in [1.165, 1.54) is 5.56 Å². The van der Waals surface area contributed by atoms with Crippen LogP contribution in [0.3, 0.4) is 0 Å². The van der Waals surface area contributed by atoms with Gasteiger partial charge in [0.2, 0.25) is 0 Å². The van der Waals surface area contributed by atoms with Gasteiger partial charge < -0.3 is 8.83 Å². The van der Waals surface area contributed by atoms with Crippen molar-refractivity contribution in [2.75, 3.05) is 0 Å². The first-order valence-electron chi connectivity index (χ1n) is 10.9. The summed E-state index contributed by atoms with van der Waals surface area (Å²) in [4.78, 5) is 0. The zero-order chi connectivity index (χ0) is 21.9. The third kappa shape index (κ3) is 2.75. The van der Waals surface area contributed by atoms with E-state index < -0.39 is 0 Å². The highest BCUT2D eigenvalue weighted by molar-refractivity contribution is 6.38. The molecule has 0 amide bonds. The molecule has 2 nitrogen and oxygen atoms in total. The van der Waals surface area contributed by atoms with E-state index in [2.05, 4.69) is 54.6 Å². The minimum absolute atomic E-state index is 0.690. The summed E-state index contributed by atoms with van der Waals surface area (Å²) in [6.45, 7) is 0. The lowest BCUT2D eigenvalue weighted by Gasteiger charge is -2.07. The molecule has 0 radical (unpaired) electrons. The van der Waals surface area contributed by atoms with Gasteiger partial charge in [0.15, 0.2) is 0 Å². The van der Waals surface area contributed by atoms with Crippen molar-refractivity contribution in [1.82, 2.24) is 0 Å². The number of fused-ring (bicyclic) bond motifs is 6. The zero-order valence-electron chi connectivity index (χ0n) is 17.5. The molecule has 156 valence electrons. The topological polar surface area (TPSA) is 26.3 Å². The van der Waals surface area contributed by atoms with Gasteiger partial charge in [-0.05, 0) is 58.7 Å². The highest BCUT2D eigenvalue weighted by Gasteiger charge is 2.18. The van der Waals surface area contributed by atoms with Gasteiger partial charge in [-0.3, -0.25) is 0 Å². The van der Waals surface area contributed by atoms with E-state index in [-0.39, 0.29) is 0 Å². The average molecular weight is 445 g/mol. The van der Waals surface area contributed by atoms with Crippen LogP contribution in [0.15, 0.2) is 112 Å². The summed E-state index contributed by atoms with van der Waals surface area (Å²) in [5.41, 5.74) is 7.85. The van der Waals surface area contributed by atoms with Crippen molar-refractivity contribution < 1.29 is 8.83 Å². The van der Waals surface area contributed by atoms with Crippen LogP contribution in [0.2, 0.25) is 5.02 Å². The van der Waals surface area contributed by atoms with E-state index in [1.807, 2.05) is 48.5 Å². The standard InChI is InChI=1S/C30H17ClO2/c31-23-11-6-14-26-30(23)29-21(10-5-13-25(29)32-26)20-9-4-12-24-28(20)22-16-15-19(17-27(22)33-24)18-7-2-1-3-8-18/h1-17H. The maximum absolute atomic E-state index is 6.63. The van der Waals surface area contributed by atoms with Gasteiger partial charge in [-0.15, -0.1) is 0 Å². The van der Waals surface area contributed by atoms with E-state index in [0.29, 0.717) is 5.02 Å². The molecule has 3 heteroatoms. The van der Waals surface area contributed by atoms with Gasteiger partial charge in [0.1, 0.15) is 22.3 Å². The number of hydrogen-bond acceptors (Lipinski definition) is 2. The molecular formula is C30H17ClO2. The minimum atomic E-state index is 0.690. The molecule has 0 spiro atoms. The summed E-state index contributed by atoms with van der Waals surface area (Å²) in [7, 11) is 0. The summed E-state index contributed by atoms with van der Waals surface area (Å²) in [6.07, 6.45) is 0. The Hall–Kier alpha value is -4.01. The van der Waals surface area contributed by atoms with Crippen molar-refractivity contribution in [3.05, 3.63) is 108 Å². The van der Waals surface area contributed by atoms with E-state index >= 15 is 0 Å². The number of hydrogen-bond donors (Lipinski definition) is 0. The molecule has 0 saturated heterocycles. The largest absolute Gasteiger partial charge is 0.456 e. The second-order valence-electron chi connectivity index (χ2n) is 8.25. The predicted octanol–water partition coefficient (Wildman–Crippen LogP) is 9.47. The second-order valence-corrected chi connectivity index (χ2v) is 8.66. The summed E-state index contributed by atoms with van der Waals surface area (Å²) in [5, 5.41) is 4.86. The van der Waals surface area contributed by atoms with Crippen molar-refractivity contribution >= 4 is 55.5 Å². The Morgan fingerprint density at radius 3 is 1.88 bits per heavy atom. The van der Waals surface area contributed by atoms with Crippen LogP contribution in [-0.4, -0.2) is 0 Å². The molecule has 7 rings (SSSR count). The molecule has 0 aliphatic rings. The summed E-state index contributed by atoms with van der Waals surface area (Å²) in [6, 6.07) is 35.0. The minimum Gasteiger partial charge on any atom is -0.456 e. The molecule has 0 bridgehead atoms. The predicted molar refractivity (Wildman–Crippen MR) is 137 cm³/mol. The molecule has 0 saturated carbocycles. The number of benzene rings is 5. The molecule has 0 aliphatic heterocycles. The first-order valence-corrected chi connectivity index (χ1v) is 11.3. The van der Waals surface area contributed by atoms with Crippen LogP contribution in [0, 0.1) is 0 Å². The Labute approximate surface area is 194 Å². The van der Waals surface area contributed by atoms with Crippen molar-refractivity contribution in [2.24, 2.45) is 0 Å². The van der Waals surface area contributed by atoms with E-state index in [4.69, 9.17) is 20.4 Å². The van der Waals surface area contributed by atoms with Gasteiger partial charge in [0, 0.05) is 21.5 Å². The van der Waals surface area contributed by atoms with Crippen molar-refractivity contribution in [3.8, 4) is 22.3 Å². The molecule has 0 unspecified atom stereocenters. The van der Waals surface area contributed by atoms with E-state index in [0.717, 1.165) is 60.6 Å². The fourth-order valence-corrected chi connectivity index (χ4v) is 5.17. The summed E-state index contributed by atoms with van der Waals surface area (Å²) < 4.78 is 12.5. The molecule has 2 heterocycles. The van der Waals surface area contributed by atoms with Crippen molar-refractivity contribution in [1.29, 1.82) is 0 Å². The van der Waals surface area contributed by atoms with Gasteiger partial charge in [0.05, 0.1) is 5.02 Å². The van der Waals surface area contributed by atoms with Gasteiger partial charge in [0.25, 0.3) is 0 Å². The SMILES string of the molecule is Clc1cccc2oc3cccc(-c4cccc5oc6cc(-c7ccccc7)ccc6c45)c3c12. The highest BCUT2D eigenvalue weighted by atomic mass is 35.5. The van der Waals surface area contributed by atoms with Crippen LogP contribution in [0.5, 0.6) is 0 Å².